The van der Waals surface area contributed by atoms with Gasteiger partial charge in [0.15, 0.2) is 0 Å². The van der Waals surface area contributed by atoms with Gasteiger partial charge in [-0.25, -0.2) is 4.39 Å². The van der Waals surface area contributed by atoms with Crippen LogP contribution in [0, 0.1) is 0 Å². The number of carbonyl (C=O) groups is 1. The number of nitrogens with zero attached hydrogens (tertiary/aromatic N) is 2. The molecule has 0 aliphatic carbocycles. The second kappa shape index (κ2) is 4.58. The molecular formula is C15H16FN3O2. The molecule has 2 aromatic rings. The molecule has 0 saturated heterocycles. The van der Waals surface area contributed by atoms with Gasteiger partial charge in [0.25, 0.3) is 5.91 Å². The van der Waals surface area contributed by atoms with Crippen molar-refractivity contribution in [1.29, 1.82) is 0 Å². The molecule has 0 bridgehead atoms. The summed E-state index contributed by atoms with van der Waals surface area (Å²) in [6.45, 7) is 3.28. The fourth-order valence-electron chi connectivity index (χ4n) is 2.81. The lowest BCUT2D eigenvalue weighted by Crippen LogP contribution is -2.29. The van der Waals surface area contributed by atoms with E-state index in [1.54, 1.807) is 29.1 Å². The Hall–Kier alpha value is -2.37. The molecule has 5 nitrogen and oxygen atoms in total. The van der Waals surface area contributed by atoms with E-state index >= 15 is 0 Å². The second-order valence-electron chi connectivity index (χ2n) is 5.48. The number of aromatic nitrogens is 2. The number of nitrogens with two attached hydrogens (primary N) is 1. The third-order valence-electron chi connectivity index (χ3n) is 3.71. The molecule has 0 fully saturated rings. The summed E-state index contributed by atoms with van der Waals surface area (Å²) in [6.07, 6.45) is 3.26. The van der Waals surface area contributed by atoms with Gasteiger partial charge in [0.2, 0.25) is 0 Å². The van der Waals surface area contributed by atoms with Gasteiger partial charge >= 0.3 is 0 Å². The van der Waals surface area contributed by atoms with Crippen LogP contribution in [0.15, 0.2) is 24.5 Å². The highest BCUT2D eigenvalue weighted by Gasteiger charge is 2.37. The predicted molar refractivity (Wildman–Crippen MR) is 75.8 cm³/mol. The highest BCUT2D eigenvalue weighted by molar-refractivity contribution is 5.94. The first-order valence-electron chi connectivity index (χ1n) is 6.69. The van der Waals surface area contributed by atoms with Crippen molar-refractivity contribution in [2.75, 3.05) is 6.67 Å². The Morgan fingerprint density at radius 2 is 2.29 bits per heavy atom. The molecule has 2 aromatic heterocycles. The molecule has 0 aromatic carbocycles. The van der Waals surface area contributed by atoms with Gasteiger partial charge in [-0.2, -0.15) is 0 Å². The number of pyridine rings is 1. The number of fused-ring (bicyclic) bond motifs is 3. The first-order chi connectivity index (χ1) is 9.95. The highest BCUT2D eigenvalue weighted by atomic mass is 19.1. The molecule has 1 amide bonds. The molecular weight excluding hydrogens is 273 g/mol. The normalized spacial score (nSPS) is 15.0. The zero-order valence-corrected chi connectivity index (χ0v) is 11.9. The average molecular weight is 289 g/mol. The summed E-state index contributed by atoms with van der Waals surface area (Å²) in [6, 6.07) is 3.49. The largest absolute Gasteiger partial charge is 0.481 e. The maximum Gasteiger partial charge on any atom is 0.265 e. The Balaban J connectivity index is 2.35. The van der Waals surface area contributed by atoms with E-state index in [1.165, 1.54) is 0 Å². The monoisotopic (exact) mass is 289 g/mol. The van der Waals surface area contributed by atoms with Crippen LogP contribution in [-0.2, 0) is 12.1 Å². The van der Waals surface area contributed by atoms with Crippen LogP contribution in [0.1, 0.15) is 29.9 Å². The molecule has 0 saturated carbocycles. The average Bonchev–Trinajstić information content (AvgIpc) is 2.80. The van der Waals surface area contributed by atoms with Gasteiger partial charge in [0.1, 0.15) is 23.7 Å². The standard InChI is InChI=1S/C15H16FN3O2/c1-15(2)10-7-11(14(17)20)19(6-4-16)13(10)9-3-5-18-8-12(9)21-15/h3,5,7-8H,4,6H2,1-2H3,(H2,17,20). The molecule has 3 rings (SSSR count). The first kappa shape index (κ1) is 13.6. The van der Waals surface area contributed by atoms with E-state index in [9.17, 15) is 9.18 Å². The maximum absolute atomic E-state index is 12.9. The summed E-state index contributed by atoms with van der Waals surface area (Å²) in [7, 11) is 0. The van der Waals surface area contributed by atoms with E-state index in [0.29, 0.717) is 11.4 Å². The fraction of sp³-hybridized carbons (Fsp3) is 0.333. The minimum Gasteiger partial charge on any atom is -0.481 e. The number of primary amides is 1. The van der Waals surface area contributed by atoms with Gasteiger partial charge in [-0.3, -0.25) is 9.78 Å². The highest BCUT2D eigenvalue weighted by Crippen LogP contribution is 2.45. The van der Waals surface area contributed by atoms with Crippen molar-refractivity contribution in [3.63, 3.8) is 0 Å². The van der Waals surface area contributed by atoms with E-state index in [-0.39, 0.29) is 6.54 Å². The zero-order chi connectivity index (χ0) is 15.2. The molecule has 3 heterocycles. The molecule has 6 heteroatoms. The first-order valence-corrected chi connectivity index (χ1v) is 6.69. The third-order valence-corrected chi connectivity index (χ3v) is 3.71. The van der Waals surface area contributed by atoms with E-state index in [4.69, 9.17) is 10.5 Å². The Labute approximate surface area is 121 Å². The lowest BCUT2D eigenvalue weighted by atomic mass is 9.92. The van der Waals surface area contributed by atoms with Gasteiger partial charge in [-0.1, -0.05) is 0 Å². The number of rotatable bonds is 3. The number of carbonyl (C=O) groups excluding carboxylic acids is 1. The number of hydrogen-bond donors (Lipinski definition) is 1. The summed E-state index contributed by atoms with van der Waals surface area (Å²) in [4.78, 5) is 15.7. The van der Waals surface area contributed by atoms with Crippen LogP contribution in [-0.4, -0.2) is 22.1 Å². The van der Waals surface area contributed by atoms with Crippen molar-refractivity contribution < 1.29 is 13.9 Å². The van der Waals surface area contributed by atoms with Crippen LogP contribution in [0.2, 0.25) is 0 Å². The van der Waals surface area contributed by atoms with Crippen LogP contribution < -0.4 is 10.5 Å². The van der Waals surface area contributed by atoms with Crippen LogP contribution in [0.3, 0.4) is 0 Å². The van der Waals surface area contributed by atoms with E-state index in [2.05, 4.69) is 4.98 Å². The quantitative estimate of drug-likeness (QED) is 0.942. The summed E-state index contributed by atoms with van der Waals surface area (Å²) >= 11 is 0. The fourth-order valence-corrected chi connectivity index (χ4v) is 2.81. The summed E-state index contributed by atoms with van der Waals surface area (Å²) in [5.41, 5.74) is 7.47. The molecule has 1 aliphatic rings. The summed E-state index contributed by atoms with van der Waals surface area (Å²) in [5, 5.41) is 0. The van der Waals surface area contributed by atoms with E-state index < -0.39 is 18.2 Å². The van der Waals surface area contributed by atoms with Gasteiger partial charge < -0.3 is 15.0 Å². The van der Waals surface area contributed by atoms with Crippen LogP contribution in [0.25, 0.3) is 11.3 Å². The lowest BCUT2D eigenvalue weighted by molar-refractivity contribution is 0.0991. The van der Waals surface area contributed by atoms with Crippen molar-refractivity contribution in [2.45, 2.75) is 26.0 Å². The van der Waals surface area contributed by atoms with Gasteiger partial charge in [-0.05, 0) is 26.0 Å². The van der Waals surface area contributed by atoms with Crippen molar-refractivity contribution in [1.82, 2.24) is 9.55 Å². The van der Waals surface area contributed by atoms with Crippen LogP contribution in [0.5, 0.6) is 5.75 Å². The molecule has 0 atom stereocenters. The van der Waals surface area contributed by atoms with Crippen molar-refractivity contribution in [2.24, 2.45) is 5.73 Å². The smallest absolute Gasteiger partial charge is 0.265 e. The number of amides is 1. The van der Waals surface area contributed by atoms with E-state index in [1.807, 2.05) is 13.8 Å². The van der Waals surface area contributed by atoms with Gasteiger partial charge in [0, 0.05) is 17.3 Å². The van der Waals surface area contributed by atoms with Crippen molar-refractivity contribution in [3.05, 3.63) is 35.8 Å². The predicted octanol–water partition coefficient (Wildman–Crippen LogP) is 2.25. The molecule has 110 valence electrons. The molecule has 1 aliphatic heterocycles. The Kier molecular flexibility index (Phi) is 2.97. The lowest BCUT2D eigenvalue weighted by Gasteiger charge is -2.33. The van der Waals surface area contributed by atoms with Crippen molar-refractivity contribution in [3.8, 4) is 17.0 Å². The molecule has 0 unspecified atom stereocenters. The summed E-state index contributed by atoms with van der Waals surface area (Å²) < 4.78 is 20.5. The third kappa shape index (κ3) is 1.98. The molecule has 2 N–H and O–H groups in total. The SMILES string of the molecule is CC1(C)Oc2cnccc2-c2c1cc(C(N)=O)n2CCF. The second-order valence-corrected chi connectivity index (χ2v) is 5.48. The zero-order valence-electron chi connectivity index (χ0n) is 11.9. The number of hydrogen-bond acceptors (Lipinski definition) is 3. The molecule has 21 heavy (non-hydrogen) atoms. The number of halogens is 1. The van der Waals surface area contributed by atoms with Crippen molar-refractivity contribution >= 4 is 5.91 Å². The van der Waals surface area contributed by atoms with E-state index in [0.717, 1.165) is 16.8 Å². The minimum absolute atomic E-state index is 0.0749. The minimum atomic E-state index is -0.642. The van der Waals surface area contributed by atoms with Crippen LogP contribution >= 0.6 is 0 Å². The van der Waals surface area contributed by atoms with Gasteiger partial charge in [0.05, 0.1) is 18.4 Å². The molecule has 0 radical (unpaired) electrons. The molecule has 0 spiro atoms. The summed E-state index contributed by atoms with van der Waals surface area (Å²) in [5.74, 6) is 0.0356. The number of ether oxygens (including phenoxy) is 1. The number of alkyl halides is 1. The Morgan fingerprint density at radius 3 is 2.95 bits per heavy atom. The maximum atomic E-state index is 12.9. The Morgan fingerprint density at radius 1 is 1.52 bits per heavy atom. The van der Waals surface area contributed by atoms with Crippen LogP contribution in [0.4, 0.5) is 4.39 Å². The van der Waals surface area contributed by atoms with Gasteiger partial charge in [-0.15, -0.1) is 0 Å². The Bertz CT molecular complexity index is 722. The topological polar surface area (TPSA) is 70.1 Å².